The topological polar surface area (TPSA) is 48.1 Å². The minimum absolute atomic E-state index is 0. The van der Waals surface area contributed by atoms with Crippen LogP contribution in [-0.2, 0) is 0 Å². The standard InChI is InChI=1S/C16H38N4.4ClH/c1-3-9-17-13-7-15-19-11-5-6-12-20-16-8-14-18-10-4-2;;;;/h17-20H,3-16H2,1-2H3;4*1H. The zero-order valence-electron chi connectivity index (χ0n) is 15.5. The molecule has 154 valence electrons. The second kappa shape index (κ2) is 35.2. The Morgan fingerprint density at radius 1 is 0.375 bits per heavy atom. The normalized spacial score (nSPS) is 9.25. The Morgan fingerprint density at radius 3 is 0.917 bits per heavy atom. The van der Waals surface area contributed by atoms with Crippen LogP contribution in [0.2, 0.25) is 0 Å². The van der Waals surface area contributed by atoms with E-state index >= 15 is 0 Å². The summed E-state index contributed by atoms with van der Waals surface area (Å²) >= 11 is 0. The summed E-state index contributed by atoms with van der Waals surface area (Å²) in [6.45, 7) is 13.6. The van der Waals surface area contributed by atoms with Crippen LogP contribution in [0.25, 0.3) is 0 Å². The molecule has 4 N–H and O–H groups in total. The van der Waals surface area contributed by atoms with E-state index in [-0.39, 0.29) is 49.6 Å². The van der Waals surface area contributed by atoms with E-state index in [0.717, 1.165) is 52.4 Å². The summed E-state index contributed by atoms with van der Waals surface area (Å²) in [5.41, 5.74) is 0. The van der Waals surface area contributed by atoms with Gasteiger partial charge in [-0.1, -0.05) is 13.8 Å². The lowest BCUT2D eigenvalue weighted by Crippen LogP contribution is -2.25. The maximum atomic E-state index is 3.51. The molecule has 0 aliphatic heterocycles. The molecule has 0 spiro atoms. The molecule has 0 saturated heterocycles. The van der Waals surface area contributed by atoms with E-state index in [0.29, 0.717) is 0 Å². The molecule has 0 fully saturated rings. The van der Waals surface area contributed by atoms with E-state index in [4.69, 9.17) is 0 Å². The summed E-state index contributed by atoms with van der Waals surface area (Å²) in [5.74, 6) is 0. The fourth-order valence-electron chi connectivity index (χ4n) is 2.03. The van der Waals surface area contributed by atoms with Gasteiger partial charge in [-0.25, -0.2) is 0 Å². The van der Waals surface area contributed by atoms with Crippen molar-refractivity contribution in [2.45, 2.75) is 52.4 Å². The third-order valence-corrected chi connectivity index (χ3v) is 3.22. The van der Waals surface area contributed by atoms with Crippen LogP contribution in [0.15, 0.2) is 0 Å². The second-order valence-electron chi connectivity index (χ2n) is 5.41. The first kappa shape index (κ1) is 36.0. The van der Waals surface area contributed by atoms with Crippen LogP contribution in [-0.4, -0.2) is 52.4 Å². The lowest BCUT2D eigenvalue weighted by Gasteiger charge is -2.07. The Morgan fingerprint density at radius 2 is 0.625 bits per heavy atom. The van der Waals surface area contributed by atoms with Gasteiger partial charge in [-0.05, 0) is 90.9 Å². The summed E-state index contributed by atoms with van der Waals surface area (Å²) in [6, 6.07) is 0. The molecule has 4 nitrogen and oxygen atoms in total. The fraction of sp³-hybridized carbons (Fsp3) is 1.00. The number of rotatable bonds is 17. The molecule has 0 aromatic carbocycles. The van der Waals surface area contributed by atoms with E-state index in [1.54, 1.807) is 0 Å². The number of nitrogens with one attached hydrogen (secondary N) is 4. The first-order chi connectivity index (χ1) is 9.91. The van der Waals surface area contributed by atoms with E-state index < -0.39 is 0 Å². The van der Waals surface area contributed by atoms with Gasteiger partial charge in [0.25, 0.3) is 0 Å². The summed E-state index contributed by atoms with van der Waals surface area (Å²) in [7, 11) is 0. The molecule has 0 radical (unpaired) electrons. The average molecular weight is 432 g/mol. The number of hydrogen-bond acceptors (Lipinski definition) is 4. The van der Waals surface area contributed by atoms with Crippen LogP contribution in [0.4, 0.5) is 0 Å². The van der Waals surface area contributed by atoms with Crippen molar-refractivity contribution in [3.8, 4) is 0 Å². The predicted octanol–water partition coefficient (Wildman–Crippen LogP) is 3.41. The van der Waals surface area contributed by atoms with Gasteiger partial charge in [-0.3, -0.25) is 0 Å². The zero-order chi connectivity index (χ0) is 14.7. The van der Waals surface area contributed by atoms with Gasteiger partial charge >= 0.3 is 0 Å². The van der Waals surface area contributed by atoms with Crippen molar-refractivity contribution in [2.24, 2.45) is 0 Å². The van der Waals surface area contributed by atoms with Crippen LogP contribution >= 0.6 is 49.6 Å². The minimum atomic E-state index is 0. The highest BCUT2D eigenvalue weighted by Gasteiger charge is 1.91. The first-order valence-electron chi connectivity index (χ1n) is 8.74. The minimum Gasteiger partial charge on any atom is -0.317 e. The summed E-state index contributed by atoms with van der Waals surface area (Å²) in [6.07, 6.45) is 7.50. The Kier molecular flexibility index (Phi) is 52.8. The molecule has 0 aliphatic carbocycles. The fourth-order valence-corrected chi connectivity index (χ4v) is 2.03. The van der Waals surface area contributed by atoms with Crippen LogP contribution in [0, 0.1) is 0 Å². The summed E-state index contributed by atoms with van der Waals surface area (Å²) < 4.78 is 0. The maximum Gasteiger partial charge on any atom is -0.00368 e. The molecule has 0 aromatic heterocycles. The highest BCUT2D eigenvalue weighted by molar-refractivity contribution is 5.86. The molecule has 8 heteroatoms. The van der Waals surface area contributed by atoms with Gasteiger partial charge in [-0.2, -0.15) is 0 Å². The van der Waals surface area contributed by atoms with Crippen molar-refractivity contribution in [3.63, 3.8) is 0 Å². The average Bonchev–Trinajstić information content (AvgIpc) is 2.47. The summed E-state index contributed by atoms with van der Waals surface area (Å²) in [5, 5.41) is 13.9. The molecule has 0 bridgehead atoms. The second-order valence-corrected chi connectivity index (χ2v) is 5.41. The number of unbranched alkanes of at least 4 members (excludes halogenated alkanes) is 1. The largest absolute Gasteiger partial charge is 0.317 e. The van der Waals surface area contributed by atoms with Crippen molar-refractivity contribution < 1.29 is 0 Å². The van der Waals surface area contributed by atoms with Gasteiger partial charge in [-0.15, -0.1) is 49.6 Å². The lowest BCUT2D eigenvalue weighted by atomic mass is 10.3. The van der Waals surface area contributed by atoms with Gasteiger partial charge < -0.3 is 21.3 Å². The Labute approximate surface area is 175 Å². The van der Waals surface area contributed by atoms with Crippen LogP contribution < -0.4 is 21.3 Å². The first-order valence-corrected chi connectivity index (χ1v) is 8.74. The molecule has 0 unspecified atom stereocenters. The Hall–Kier alpha value is 1.00. The molecule has 0 atom stereocenters. The van der Waals surface area contributed by atoms with E-state index in [1.807, 2.05) is 0 Å². The van der Waals surface area contributed by atoms with Crippen LogP contribution in [0.1, 0.15) is 52.4 Å². The molecular formula is C16H42Cl4N4. The van der Waals surface area contributed by atoms with Crippen molar-refractivity contribution in [2.75, 3.05) is 52.4 Å². The smallest absolute Gasteiger partial charge is 0.00368 e. The van der Waals surface area contributed by atoms with Gasteiger partial charge in [0, 0.05) is 0 Å². The van der Waals surface area contributed by atoms with E-state index in [2.05, 4.69) is 35.1 Å². The molecule has 0 saturated carbocycles. The van der Waals surface area contributed by atoms with Gasteiger partial charge in [0.15, 0.2) is 0 Å². The number of halogens is 4. The van der Waals surface area contributed by atoms with Crippen molar-refractivity contribution >= 4 is 49.6 Å². The molecule has 24 heavy (non-hydrogen) atoms. The summed E-state index contributed by atoms with van der Waals surface area (Å²) in [4.78, 5) is 0. The van der Waals surface area contributed by atoms with Gasteiger partial charge in [0.1, 0.15) is 0 Å². The Bertz CT molecular complexity index is 162. The molecular weight excluding hydrogens is 390 g/mol. The predicted molar refractivity (Wildman–Crippen MR) is 120 cm³/mol. The van der Waals surface area contributed by atoms with Gasteiger partial charge in [0.2, 0.25) is 0 Å². The van der Waals surface area contributed by atoms with E-state index in [1.165, 1.54) is 38.5 Å². The van der Waals surface area contributed by atoms with Gasteiger partial charge in [0.05, 0.1) is 0 Å². The lowest BCUT2D eigenvalue weighted by molar-refractivity contribution is 0.547. The van der Waals surface area contributed by atoms with E-state index in [9.17, 15) is 0 Å². The van der Waals surface area contributed by atoms with Crippen LogP contribution in [0.3, 0.4) is 0 Å². The third-order valence-electron chi connectivity index (χ3n) is 3.22. The molecule has 0 aromatic rings. The highest BCUT2D eigenvalue weighted by Crippen LogP contribution is 1.86. The van der Waals surface area contributed by atoms with Crippen molar-refractivity contribution in [1.82, 2.24) is 21.3 Å². The number of hydrogen-bond donors (Lipinski definition) is 4. The van der Waals surface area contributed by atoms with Crippen molar-refractivity contribution in [3.05, 3.63) is 0 Å². The monoisotopic (exact) mass is 430 g/mol. The molecule has 0 rings (SSSR count). The maximum absolute atomic E-state index is 3.51. The highest BCUT2D eigenvalue weighted by atomic mass is 35.5. The quantitative estimate of drug-likeness (QED) is 0.266. The third kappa shape index (κ3) is 34.4. The zero-order valence-corrected chi connectivity index (χ0v) is 18.8. The Balaban J connectivity index is -0.000000301. The molecule has 0 amide bonds. The SMILES string of the molecule is CCCNCCCNCCCCNCCCNCCC.Cl.Cl.Cl.Cl. The van der Waals surface area contributed by atoms with Crippen LogP contribution in [0.5, 0.6) is 0 Å². The molecule has 0 heterocycles. The van der Waals surface area contributed by atoms with Crippen molar-refractivity contribution in [1.29, 1.82) is 0 Å². The molecule has 0 aliphatic rings.